The highest BCUT2D eigenvalue weighted by molar-refractivity contribution is 6.11. The van der Waals surface area contributed by atoms with Crippen molar-refractivity contribution in [1.29, 1.82) is 0 Å². The Hall–Kier alpha value is -3.41. The second kappa shape index (κ2) is 11.8. The van der Waals surface area contributed by atoms with Gasteiger partial charge in [0.25, 0.3) is 0 Å². The van der Waals surface area contributed by atoms with E-state index in [2.05, 4.69) is 72.0 Å². The molecule has 3 aromatic carbocycles. The number of ketones is 1. The van der Waals surface area contributed by atoms with Crippen LogP contribution in [0.25, 0.3) is 17.2 Å². The number of allylic oxidation sites excluding steroid dienone is 1. The Morgan fingerprint density at radius 1 is 0.919 bits per heavy atom. The molecular formula is C32H39N3O2. The number of carbonyl (C=O) groups excluding carboxylic acids is 1. The van der Waals surface area contributed by atoms with Crippen molar-refractivity contribution in [3.05, 3.63) is 88.5 Å². The number of likely N-dealkylation sites (N-methyl/N-ethyl adjacent to an activating group) is 1. The third-order valence-corrected chi connectivity index (χ3v) is 6.91. The third-order valence-electron chi connectivity index (χ3n) is 6.91. The number of carbonyl (C=O) groups is 1. The SMILES string of the molecule is COc1ccc(/C=C/C(=O)c2cc(-c3cc(C)cc(C)c3)ccc2N2CCN(C)CC2)c(CN(C)C)c1. The van der Waals surface area contributed by atoms with Crippen molar-refractivity contribution in [3.63, 3.8) is 0 Å². The second-order valence-electron chi connectivity index (χ2n) is 10.4. The van der Waals surface area contributed by atoms with Crippen LogP contribution >= 0.6 is 0 Å². The molecule has 1 aliphatic heterocycles. The molecule has 1 saturated heterocycles. The van der Waals surface area contributed by atoms with Gasteiger partial charge in [-0.25, -0.2) is 0 Å². The van der Waals surface area contributed by atoms with Crippen molar-refractivity contribution >= 4 is 17.5 Å². The molecule has 3 aromatic rings. The lowest BCUT2D eigenvalue weighted by Gasteiger charge is -2.35. The lowest BCUT2D eigenvalue weighted by atomic mass is 9.96. The van der Waals surface area contributed by atoms with Crippen LogP contribution in [0.3, 0.4) is 0 Å². The van der Waals surface area contributed by atoms with Crippen LogP contribution in [0.5, 0.6) is 5.75 Å². The van der Waals surface area contributed by atoms with Gasteiger partial charge in [-0.05, 0) is 87.6 Å². The fourth-order valence-corrected chi connectivity index (χ4v) is 4.98. The summed E-state index contributed by atoms with van der Waals surface area (Å²) in [5, 5.41) is 0. The van der Waals surface area contributed by atoms with Gasteiger partial charge >= 0.3 is 0 Å². The minimum Gasteiger partial charge on any atom is -0.497 e. The lowest BCUT2D eigenvalue weighted by Crippen LogP contribution is -2.45. The average molecular weight is 498 g/mol. The summed E-state index contributed by atoms with van der Waals surface area (Å²) in [6, 6.07) is 18.9. The van der Waals surface area contributed by atoms with Crippen LogP contribution in [0, 0.1) is 13.8 Å². The maximum Gasteiger partial charge on any atom is 0.187 e. The summed E-state index contributed by atoms with van der Waals surface area (Å²) < 4.78 is 5.43. The lowest BCUT2D eigenvalue weighted by molar-refractivity contribution is 0.104. The molecule has 0 bridgehead atoms. The number of nitrogens with zero attached hydrogens (tertiary/aromatic N) is 3. The minimum absolute atomic E-state index is 0.0202. The molecule has 1 aliphatic rings. The number of aryl methyl sites for hydroxylation is 2. The fraction of sp³-hybridized carbons (Fsp3) is 0.344. The summed E-state index contributed by atoms with van der Waals surface area (Å²) in [4.78, 5) is 20.6. The van der Waals surface area contributed by atoms with E-state index in [9.17, 15) is 4.79 Å². The van der Waals surface area contributed by atoms with E-state index in [4.69, 9.17) is 4.74 Å². The van der Waals surface area contributed by atoms with Gasteiger partial charge in [-0.3, -0.25) is 4.79 Å². The number of methoxy groups -OCH3 is 1. The molecule has 1 heterocycles. The number of benzene rings is 3. The smallest absolute Gasteiger partial charge is 0.187 e. The van der Waals surface area contributed by atoms with E-state index in [1.165, 1.54) is 11.1 Å². The molecule has 1 fully saturated rings. The van der Waals surface area contributed by atoms with E-state index in [1.807, 2.05) is 38.4 Å². The van der Waals surface area contributed by atoms with Gasteiger partial charge in [-0.1, -0.05) is 47.5 Å². The van der Waals surface area contributed by atoms with Gasteiger partial charge in [0.2, 0.25) is 0 Å². The summed E-state index contributed by atoms with van der Waals surface area (Å²) in [6.07, 6.45) is 3.67. The fourth-order valence-electron chi connectivity index (χ4n) is 4.98. The molecule has 37 heavy (non-hydrogen) atoms. The molecule has 5 heteroatoms. The Morgan fingerprint density at radius 2 is 1.62 bits per heavy atom. The van der Waals surface area contributed by atoms with Crippen molar-refractivity contribution in [3.8, 4) is 16.9 Å². The number of ether oxygens (including phenoxy) is 1. The Kier molecular flexibility index (Phi) is 8.47. The zero-order chi connectivity index (χ0) is 26.5. The predicted molar refractivity (Wildman–Crippen MR) is 155 cm³/mol. The number of hydrogen-bond donors (Lipinski definition) is 0. The second-order valence-corrected chi connectivity index (χ2v) is 10.4. The van der Waals surface area contributed by atoms with Gasteiger partial charge in [-0.2, -0.15) is 0 Å². The van der Waals surface area contributed by atoms with E-state index in [-0.39, 0.29) is 5.78 Å². The van der Waals surface area contributed by atoms with Crippen LogP contribution in [0.1, 0.15) is 32.6 Å². The number of hydrogen-bond acceptors (Lipinski definition) is 5. The van der Waals surface area contributed by atoms with Crippen LogP contribution < -0.4 is 9.64 Å². The summed E-state index contributed by atoms with van der Waals surface area (Å²) in [7, 11) is 7.91. The first-order valence-electron chi connectivity index (χ1n) is 12.9. The van der Waals surface area contributed by atoms with Gasteiger partial charge in [0.05, 0.1) is 7.11 Å². The predicted octanol–water partition coefficient (Wildman–Crippen LogP) is 5.69. The third kappa shape index (κ3) is 6.68. The van der Waals surface area contributed by atoms with Crippen LogP contribution in [0.4, 0.5) is 5.69 Å². The largest absolute Gasteiger partial charge is 0.497 e. The highest BCUT2D eigenvalue weighted by atomic mass is 16.5. The Bertz CT molecular complexity index is 1270. The molecule has 0 atom stereocenters. The average Bonchev–Trinajstić information content (AvgIpc) is 2.87. The number of anilines is 1. The summed E-state index contributed by atoms with van der Waals surface area (Å²) in [6.45, 7) is 8.79. The van der Waals surface area contributed by atoms with E-state index in [1.54, 1.807) is 13.2 Å². The molecule has 0 N–H and O–H groups in total. The van der Waals surface area contributed by atoms with Gasteiger partial charge in [0.1, 0.15) is 5.75 Å². The Labute approximate surface area is 222 Å². The Morgan fingerprint density at radius 3 is 2.27 bits per heavy atom. The first kappa shape index (κ1) is 26.6. The van der Waals surface area contributed by atoms with E-state index < -0.39 is 0 Å². The quantitative estimate of drug-likeness (QED) is 0.295. The van der Waals surface area contributed by atoms with E-state index >= 15 is 0 Å². The van der Waals surface area contributed by atoms with Crippen LogP contribution in [0.15, 0.2) is 60.7 Å². The van der Waals surface area contributed by atoms with Crippen molar-refractivity contribution in [2.45, 2.75) is 20.4 Å². The molecule has 5 nitrogen and oxygen atoms in total. The first-order chi connectivity index (χ1) is 17.7. The van der Waals surface area contributed by atoms with E-state index in [0.717, 1.165) is 72.0 Å². The monoisotopic (exact) mass is 497 g/mol. The van der Waals surface area contributed by atoms with E-state index in [0.29, 0.717) is 0 Å². The summed E-state index contributed by atoms with van der Waals surface area (Å²) in [5.41, 5.74) is 8.56. The van der Waals surface area contributed by atoms with Gasteiger partial charge in [0, 0.05) is 44.0 Å². The standard InChI is InChI=1S/C32H39N3O2/c1-23-17-24(2)19-27(18-23)26-8-11-31(35-15-13-34(5)14-16-35)30(21-26)32(36)12-9-25-7-10-29(37-6)20-28(25)22-33(3)4/h7-12,17-21H,13-16,22H2,1-6H3/b12-9+. The summed E-state index contributed by atoms with van der Waals surface area (Å²) >= 11 is 0. The molecule has 4 rings (SSSR count). The molecule has 0 aliphatic carbocycles. The number of piperazine rings is 1. The van der Waals surface area contributed by atoms with Crippen molar-refractivity contribution in [2.75, 3.05) is 59.3 Å². The van der Waals surface area contributed by atoms with Crippen LogP contribution in [-0.4, -0.2) is 70.0 Å². The van der Waals surface area contributed by atoms with Gasteiger partial charge in [-0.15, -0.1) is 0 Å². The topological polar surface area (TPSA) is 36.0 Å². The molecular weight excluding hydrogens is 458 g/mol. The van der Waals surface area contributed by atoms with Crippen molar-refractivity contribution in [1.82, 2.24) is 9.80 Å². The highest BCUT2D eigenvalue weighted by Gasteiger charge is 2.20. The van der Waals surface area contributed by atoms with Crippen molar-refractivity contribution in [2.24, 2.45) is 0 Å². The van der Waals surface area contributed by atoms with Crippen LogP contribution in [0.2, 0.25) is 0 Å². The maximum atomic E-state index is 13.8. The summed E-state index contributed by atoms with van der Waals surface area (Å²) in [5.74, 6) is 0.839. The maximum absolute atomic E-state index is 13.8. The molecule has 0 amide bonds. The van der Waals surface area contributed by atoms with Gasteiger partial charge in [0.15, 0.2) is 5.78 Å². The zero-order valence-electron chi connectivity index (χ0n) is 23.0. The minimum atomic E-state index is 0.0202. The Balaban J connectivity index is 1.72. The molecule has 0 saturated carbocycles. The van der Waals surface area contributed by atoms with Crippen molar-refractivity contribution < 1.29 is 9.53 Å². The zero-order valence-corrected chi connectivity index (χ0v) is 23.0. The van der Waals surface area contributed by atoms with Crippen LogP contribution in [-0.2, 0) is 6.54 Å². The highest BCUT2D eigenvalue weighted by Crippen LogP contribution is 2.30. The normalized spacial score (nSPS) is 14.5. The number of rotatable bonds is 8. The molecule has 0 unspecified atom stereocenters. The first-order valence-corrected chi connectivity index (χ1v) is 12.9. The molecule has 0 radical (unpaired) electrons. The van der Waals surface area contributed by atoms with Gasteiger partial charge < -0.3 is 19.4 Å². The molecule has 194 valence electrons. The molecule has 0 spiro atoms. The molecule has 0 aromatic heterocycles.